The van der Waals surface area contributed by atoms with Crippen molar-refractivity contribution in [3.05, 3.63) is 11.6 Å². The molecule has 1 heterocycles. The molecule has 0 atom stereocenters. The molecule has 2 heteroatoms. The summed E-state index contributed by atoms with van der Waals surface area (Å²) in [5.41, 5.74) is 1.19. The summed E-state index contributed by atoms with van der Waals surface area (Å²) < 4.78 is 5.22. The van der Waals surface area contributed by atoms with Crippen molar-refractivity contribution in [3.8, 4) is 0 Å². The molecule has 0 radical (unpaired) electrons. The summed E-state index contributed by atoms with van der Waals surface area (Å²) >= 11 is 0. The van der Waals surface area contributed by atoms with E-state index in [0.29, 0.717) is 13.0 Å². The van der Waals surface area contributed by atoms with Crippen LogP contribution < -0.4 is 0 Å². The zero-order chi connectivity index (χ0) is 12.3. The molecule has 0 aromatic rings. The third kappa shape index (κ3) is 8.00. The lowest BCUT2D eigenvalue weighted by molar-refractivity contribution is -0.142. The van der Waals surface area contributed by atoms with Crippen LogP contribution in [0.4, 0.5) is 0 Å². The lowest BCUT2D eigenvalue weighted by Crippen LogP contribution is -2.06. The van der Waals surface area contributed by atoms with Gasteiger partial charge in [0, 0.05) is 6.42 Å². The summed E-state index contributed by atoms with van der Waals surface area (Å²) in [5, 5.41) is 0. The number of cyclic esters (lactones) is 1. The molecule has 0 aromatic carbocycles. The van der Waals surface area contributed by atoms with Crippen LogP contribution in [-0.4, -0.2) is 12.6 Å². The monoisotopic (exact) mass is 238 g/mol. The first-order chi connectivity index (χ1) is 8.29. The summed E-state index contributed by atoms with van der Waals surface area (Å²) in [6.07, 6.45) is 14.0. The molecule has 1 rings (SSSR count). The van der Waals surface area contributed by atoms with E-state index in [-0.39, 0.29) is 5.97 Å². The SMILES string of the molecule is C/C1=C/CCCCCCCCCCC(=O)OC1. The molecule has 0 unspecified atom stereocenters. The van der Waals surface area contributed by atoms with Gasteiger partial charge in [-0.15, -0.1) is 0 Å². The lowest BCUT2D eigenvalue weighted by Gasteiger charge is -2.05. The quantitative estimate of drug-likeness (QED) is 0.462. The number of rotatable bonds is 0. The Morgan fingerprint density at radius 3 is 2.24 bits per heavy atom. The van der Waals surface area contributed by atoms with E-state index in [4.69, 9.17) is 4.74 Å². The van der Waals surface area contributed by atoms with Crippen molar-refractivity contribution in [2.45, 2.75) is 71.1 Å². The Balaban J connectivity index is 2.31. The first-order valence-corrected chi connectivity index (χ1v) is 7.10. The van der Waals surface area contributed by atoms with Gasteiger partial charge in [0.15, 0.2) is 0 Å². The third-order valence-electron chi connectivity index (χ3n) is 3.29. The average molecular weight is 238 g/mol. The zero-order valence-corrected chi connectivity index (χ0v) is 11.2. The Labute approximate surface area is 105 Å². The van der Waals surface area contributed by atoms with E-state index in [0.717, 1.165) is 12.8 Å². The number of allylic oxidation sites excluding steroid dienone is 1. The van der Waals surface area contributed by atoms with Crippen molar-refractivity contribution in [3.63, 3.8) is 0 Å². The fourth-order valence-corrected chi connectivity index (χ4v) is 2.15. The van der Waals surface area contributed by atoms with E-state index < -0.39 is 0 Å². The fraction of sp³-hybridized carbons (Fsp3) is 0.800. The van der Waals surface area contributed by atoms with Gasteiger partial charge in [-0.2, -0.15) is 0 Å². The fourth-order valence-electron chi connectivity index (χ4n) is 2.15. The highest BCUT2D eigenvalue weighted by Gasteiger charge is 2.03. The second-order valence-corrected chi connectivity index (χ2v) is 5.08. The van der Waals surface area contributed by atoms with Gasteiger partial charge < -0.3 is 4.74 Å². The van der Waals surface area contributed by atoms with Crippen molar-refractivity contribution >= 4 is 5.97 Å². The standard InChI is InChI=1S/C15H26O2/c1-14-11-9-7-5-3-2-4-6-8-10-12-15(16)17-13-14/h11H,2-10,12-13H2,1H3/b14-11-. The predicted molar refractivity (Wildman–Crippen MR) is 70.9 cm³/mol. The second kappa shape index (κ2) is 9.26. The van der Waals surface area contributed by atoms with Gasteiger partial charge in [-0.05, 0) is 31.8 Å². The highest BCUT2D eigenvalue weighted by atomic mass is 16.5. The van der Waals surface area contributed by atoms with Gasteiger partial charge in [0.1, 0.15) is 6.61 Å². The molecule has 0 saturated carbocycles. The van der Waals surface area contributed by atoms with Crippen molar-refractivity contribution in [1.82, 2.24) is 0 Å². The number of carbonyl (C=O) groups is 1. The average Bonchev–Trinajstić information content (AvgIpc) is 2.33. The minimum absolute atomic E-state index is 0.0346. The Morgan fingerprint density at radius 2 is 1.53 bits per heavy atom. The number of hydrogen-bond acceptors (Lipinski definition) is 2. The molecule has 1 aliphatic rings. The van der Waals surface area contributed by atoms with Crippen LogP contribution in [0.25, 0.3) is 0 Å². The van der Waals surface area contributed by atoms with Gasteiger partial charge >= 0.3 is 5.97 Å². The maximum Gasteiger partial charge on any atom is 0.306 e. The maximum atomic E-state index is 11.4. The van der Waals surface area contributed by atoms with Crippen molar-refractivity contribution in [2.75, 3.05) is 6.61 Å². The minimum Gasteiger partial charge on any atom is -0.461 e. The Morgan fingerprint density at radius 1 is 0.941 bits per heavy atom. The maximum absolute atomic E-state index is 11.4. The van der Waals surface area contributed by atoms with Crippen molar-refractivity contribution < 1.29 is 9.53 Å². The molecule has 0 saturated heterocycles. The summed E-state index contributed by atoms with van der Waals surface area (Å²) in [5.74, 6) is -0.0346. The topological polar surface area (TPSA) is 26.3 Å². The molecule has 0 bridgehead atoms. The van der Waals surface area contributed by atoms with Crippen LogP contribution in [0.5, 0.6) is 0 Å². The Bertz CT molecular complexity index is 243. The van der Waals surface area contributed by atoms with Crippen molar-refractivity contribution in [1.29, 1.82) is 0 Å². The van der Waals surface area contributed by atoms with Gasteiger partial charge in [0.25, 0.3) is 0 Å². The smallest absolute Gasteiger partial charge is 0.306 e. The number of carbonyl (C=O) groups excluding carboxylic acids is 1. The van der Waals surface area contributed by atoms with E-state index >= 15 is 0 Å². The molecular formula is C15H26O2. The molecule has 0 amide bonds. The summed E-state index contributed by atoms with van der Waals surface area (Å²) in [6, 6.07) is 0. The largest absolute Gasteiger partial charge is 0.461 e. The molecule has 1 aliphatic heterocycles. The number of ether oxygens (including phenoxy) is 1. The van der Waals surface area contributed by atoms with E-state index in [2.05, 4.69) is 6.08 Å². The zero-order valence-electron chi connectivity index (χ0n) is 11.2. The highest BCUT2D eigenvalue weighted by Crippen LogP contribution is 2.12. The molecule has 17 heavy (non-hydrogen) atoms. The van der Waals surface area contributed by atoms with Gasteiger partial charge in [0.05, 0.1) is 0 Å². The molecule has 2 nitrogen and oxygen atoms in total. The van der Waals surface area contributed by atoms with E-state index in [1.165, 1.54) is 50.5 Å². The normalized spacial score (nSPS) is 25.0. The minimum atomic E-state index is -0.0346. The number of hydrogen-bond donors (Lipinski definition) is 0. The van der Waals surface area contributed by atoms with Crippen LogP contribution in [0.2, 0.25) is 0 Å². The molecule has 0 aliphatic carbocycles. The third-order valence-corrected chi connectivity index (χ3v) is 3.29. The molecule has 0 N–H and O–H groups in total. The number of esters is 1. The van der Waals surface area contributed by atoms with Crippen LogP contribution in [0, 0.1) is 0 Å². The van der Waals surface area contributed by atoms with Crippen LogP contribution in [0.1, 0.15) is 71.1 Å². The molecular weight excluding hydrogens is 212 g/mol. The van der Waals surface area contributed by atoms with E-state index in [9.17, 15) is 4.79 Å². The van der Waals surface area contributed by atoms with Crippen LogP contribution in [0.3, 0.4) is 0 Å². The lowest BCUT2D eigenvalue weighted by atomic mass is 10.1. The Kier molecular flexibility index (Phi) is 7.78. The van der Waals surface area contributed by atoms with Crippen molar-refractivity contribution in [2.24, 2.45) is 0 Å². The molecule has 0 fully saturated rings. The first-order valence-electron chi connectivity index (χ1n) is 7.10. The summed E-state index contributed by atoms with van der Waals surface area (Å²) in [4.78, 5) is 11.4. The highest BCUT2D eigenvalue weighted by molar-refractivity contribution is 5.69. The molecule has 0 aromatic heterocycles. The van der Waals surface area contributed by atoms with E-state index in [1.807, 2.05) is 6.92 Å². The predicted octanol–water partition coefficient (Wildman–Crippen LogP) is 4.39. The first kappa shape index (κ1) is 14.3. The van der Waals surface area contributed by atoms with Gasteiger partial charge in [-0.3, -0.25) is 4.79 Å². The van der Waals surface area contributed by atoms with E-state index in [1.54, 1.807) is 0 Å². The second-order valence-electron chi connectivity index (χ2n) is 5.08. The van der Waals surface area contributed by atoms with Crippen LogP contribution >= 0.6 is 0 Å². The van der Waals surface area contributed by atoms with Gasteiger partial charge in [-0.1, -0.05) is 44.6 Å². The molecule has 98 valence electrons. The summed E-state index contributed by atoms with van der Waals surface area (Å²) in [6.45, 7) is 2.53. The van der Waals surface area contributed by atoms with Crippen LogP contribution in [0.15, 0.2) is 11.6 Å². The van der Waals surface area contributed by atoms with Gasteiger partial charge in [-0.25, -0.2) is 0 Å². The summed E-state index contributed by atoms with van der Waals surface area (Å²) in [7, 11) is 0. The van der Waals surface area contributed by atoms with Gasteiger partial charge in [0.2, 0.25) is 0 Å². The Hall–Kier alpha value is -0.790. The van der Waals surface area contributed by atoms with Crippen LogP contribution in [-0.2, 0) is 9.53 Å². The molecule has 0 spiro atoms.